The van der Waals surface area contributed by atoms with Crippen molar-refractivity contribution in [1.82, 2.24) is 9.88 Å². The lowest BCUT2D eigenvalue weighted by Crippen LogP contribution is -2.43. The zero-order valence-corrected chi connectivity index (χ0v) is 14.6. The molecule has 1 aromatic heterocycles. The average molecular weight is 346 g/mol. The Kier molecular flexibility index (Phi) is 4.67. The summed E-state index contributed by atoms with van der Waals surface area (Å²) in [5.74, 6) is -0.413. The molecule has 2 heterocycles. The fourth-order valence-corrected chi connectivity index (χ4v) is 3.68. The summed E-state index contributed by atoms with van der Waals surface area (Å²) in [6.07, 6.45) is 0.721. The van der Waals surface area contributed by atoms with E-state index in [1.165, 1.54) is 0 Å². The Morgan fingerprint density at radius 2 is 1.81 bits per heavy atom. The van der Waals surface area contributed by atoms with Crippen LogP contribution in [0, 0.1) is 5.92 Å². The highest BCUT2D eigenvalue weighted by Gasteiger charge is 2.35. The molecule has 132 valence electrons. The number of piperidine rings is 1. The van der Waals surface area contributed by atoms with Crippen LogP contribution < -0.4 is 0 Å². The number of fused-ring (bicyclic) bond motifs is 1. The zero-order valence-electron chi connectivity index (χ0n) is 14.6. The van der Waals surface area contributed by atoms with Crippen molar-refractivity contribution in [2.75, 3.05) is 6.54 Å². The van der Waals surface area contributed by atoms with Crippen LogP contribution in [0.25, 0.3) is 10.9 Å². The number of hydrogen-bond donors (Lipinski definition) is 1. The first-order chi connectivity index (χ1) is 12.7. The van der Waals surface area contributed by atoms with Crippen molar-refractivity contribution in [2.24, 2.45) is 5.92 Å². The summed E-state index contributed by atoms with van der Waals surface area (Å²) < 4.78 is 0. The number of likely N-dealkylation sites (tertiary alicyclic amines) is 1. The first-order valence-electron chi connectivity index (χ1n) is 9.09. The number of carbonyl (C=O) groups is 1. The van der Waals surface area contributed by atoms with Crippen LogP contribution in [0.15, 0.2) is 66.7 Å². The number of carbonyl (C=O) groups excluding carboxylic acids is 1. The molecule has 1 amide bonds. The molecule has 1 saturated heterocycles. The minimum Gasteiger partial charge on any atom is -0.386 e. The summed E-state index contributed by atoms with van der Waals surface area (Å²) in [6, 6.07) is 21.6. The second-order valence-electron chi connectivity index (χ2n) is 6.87. The van der Waals surface area contributed by atoms with Gasteiger partial charge >= 0.3 is 0 Å². The molecule has 1 aliphatic rings. The second-order valence-corrected chi connectivity index (χ2v) is 6.87. The predicted octanol–water partition coefficient (Wildman–Crippen LogP) is 3.71. The number of amides is 1. The standard InChI is InChI=1S/C22H22N2O2/c25-21(20-13-12-17-9-4-5-11-19(17)23-20)18-10-6-14-24(22(18)26)15-16-7-2-1-3-8-16/h1-5,7-9,11-13,18,21,25H,6,10,14-15H2. The largest absolute Gasteiger partial charge is 0.386 e. The van der Waals surface area contributed by atoms with Crippen LogP contribution in [0.3, 0.4) is 0 Å². The minimum atomic E-state index is -0.870. The smallest absolute Gasteiger partial charge is 0.229 e. The topological polar surface area (TPSA) is 53.4 Å². The van der Waals surface area contributed by atoms with Crippen molar-refractivity contribution in [3.05, 3.63) is 78.0 Å². The van der Waals surface area contributed by atoms with Crippen LogP contribution >= 0.6 is 0 Å². The third kappa shape index (κ3) is 3.33. The van der Waals surface area contributed by atoms with E-state index in [-0.39, 0.29) is 5.91 Å². The van der Waals surface area contributed by atoms with Crippen LogP contribution in [0.1, 0.15) is 30.2 Å². The van der Waals surface area contributed by atoms with Crippen LogP contribution in [-0.4, -0.2) is 27.4 Å². The van der Waals surface area contributed by atoms with E-state index in [1.54, 1.807) is 0 Å². The number of para-hydroxylation sites is 1. The third-order valence-corrected chi connectivity index (χ3v) is 5.09. The summed E-state index contributed by atoms with van der Waals surface area (Å²) in [4.78, 5) is 19.4. The molecule has 1 aliphatic heterocycles. The van der Waals surface area contributed by atoms with Gasteiger partial charge in [-0.25, -0.2) is 0 Å². The fraction of sp³-hybridized carbons (Fsp3) is 0.273. The van der Waals surface area contributed by atoms with Gasteiger partial charge in [-0.1, -0.05) is 54.6 Å². The van der Waals surface area contributed by atoms with Crippen molar-refractivity contribution in [2.45, 2.75) is 25.5 Å². The van der Waals surface area contributed by atoms with Gasteiger partial charge in [0, 0.05) is 18.5 Å². The molecular weight excluding hydrogens is 324 g/mol. The molecule has 0 aliphatic carbocycles. The first kappa shape index (κ1) is 16.7. The summed E-state index contributed by atoms with van der Waals surface area (Å²) in [5.41, 5.74) is 2.52. The highest BCUT2D eigenvalue weighted by Crippen LogP contribution is 2.31. The fourth-order valence-electron chi connectivity index (χ4n) is 3.68. The van der Waals surface area contributed by atoms with Gasteiger partial charge in [0.1, 0.15) is 6.10 Å². The van der Waals surface area contributed by atoms with E-state index >= 15 is 0 Å². The van der Waals surface area contributed by atoms with Crippen molar-refractivity contribution in [1.29, 1.82) is 0 Å². The quantitative estimate of drug-likeness (QED) is 0.783. The number of pyridine rings is 1. The Morgan fingerprint density at radius 3 is 2.65 bits per heavy atom. The van der Waals surface area contributed by atoms with Gasteiger partial charge in [-0.05, 0) is 30.5 Å². The number of hydrogen-bond acceptors (Lipinski definition) is 3. The Labute approximate surface area is 153 Å². The van der Waals surface area contributed by atoms with Gasteiger partial charge in [0.2, 0.25) is 5.91 Å². The summed E-state index contributed by atoms with van der Waals surface area (Å²) in [5, 5.41) is 11.9. The molecule has 1 fully saturated rings. The van der Waals surface area contributed by atoms with Crippen LogP contribution in [-0.2, 0) is 11.3 Å². The molecule has 4 heteroatoms. The Hall–Kier alpha value is -2.72. The van der Waals surface area contributed by atoms with E-state index in [9.17, 15) is 9.90 Å². The monoisotopic (exact) mass is 346 g/mol. The molecule has 0 radical (unpaired) electrons. The number of nitrogens with zero attached hydrogens (tertiary/aromatic N) is 2. The molecule has 3 aromatic rings. The maximum Gasteiger partial charge on any atom is 0.229 e. The molecule has 2 atom stereocenters. The summed E-state index contributed by atoms with van der Waals surface area (Å²) >= 11 is 0. The van der Waals surface area contributed by atoms with Crippen molar-refractivity contribution >= 4 is 16.8 Å². The average Bonchev–Trinajstić information content (AvgIpc) is 2.69. The highest BCUT2D eigenvalue weighted by molar-refractivity contribution is 5.81. The van der Waals surface area contributed by atoms with Gasteiger partial charge in [-0.3, -0.25) is 9.78 Å². The molecule has 2 unspecified atom stereocenters. The third-order valence-electron chi connectivity index (χ3n) is 5.09. The van der Waals surface area contributed by atoms with Gasteiger partial charge < -0.3 is 10.0 Å². The molecular formula is C22H22N2O2. The van der Waals surface area contributed by atoms with E-state index < -0.39 is 12.0 Å². The SMILES string of the molecule is O=C1C(C(O)c2ccc3ccccc3n2)CCCN1Cc1ccccc1. The Morgan fingerprint density at radius 1 is 1.04 bits per heavy atom. The normalized spacial score (nSPS) is 18.9. The van der Waals surface area contributed by atoms with Gasteiger partial charge in [0.25, 0.3) is 0 Å². The lowest BCUT2D eigenvalue weighted by atomic mass is 9.89. The first-order valence-corrected chi connectivity index (χ1v) is 9.09. The van der Waals surface area contributed by atoms with Gasteiger partial charge in [0.15, 0.2) is 0 Å². The highest BCUT2D eigenvalue weighted by atomic mass is 16.3. The molecule has 0 saturated carbocycles. The van der Waals surface area contributed by atoms with Crippen LogP contribution in [0.2, 0.25) is 0 Å². The molecule has 4 rings (SSSR count). The number of aromatic nitrogens is 1. The molecule has 4 nitrogen and oxygen atoms in total. The van der Waals surface area contributed by atoms with Gasteiger partial charge in [-0.15, -0.1) is 0 Å². The molecule has 26 heavy (non-hydrogen) atoms. The number of rotatable bonds is 4. The number of benzene rings is 2. The lowest BCUT2D eigenvalue weighted by Gasteiger charge is -2.34. The Bertz CT molecular complexity index is 910. The van der Waals surface area contributed by atoms with E-state index in [2.05, 4.69) is 4.98 Å². The van der Waals surface area contributed by atoms with Gasteiger partial charge in [0.05, 0.1) is 17.1 Å². The van der Waals surface area contributed by atoms with Crippen molar-refractivity contribution in [3.8, 4) is 0 Å². The van der Waals surface area contributed by atoms with Crippen LogP contribution in [0.5, 0.6) is 0 Å². The maximum absolute atomic E-state index is 12.9. The number of aliphatic hydroxyl groups excluding tert-OH is 1. The summed E-state index contributed by atoms with van der Waals surface area (Å²) in [7, 11) is 0. The predicted molar refractivity (Wildman–Crippen MR) is 101 cm³/mol. The number of aliphatic hydroxyl groups is 1. The molecule has 1 N–H and O–H groups in total. The van der Waals surface area contributed by atoms with Crippen molar-refractivity contribution < 1.29 is 9.90 Å². The zero-order chi connectivity index (χ0) is 17.9. The van der Waals surface area contributed by atoms with E-state index in [4.69, 9.17) is 0 Å². The van der Waals surface area contributed by atoms with Gasteiger partial charge in [-0.2, -0.15) is 0 Å². The van der Waals surface area contributed by atoms with E-state index in [0.29, 0.717) is 18.7 Å². The molecule has 2 aromatic carbocycles. The van der Waals surface area contributed by atoms with E-state index in [1.807, 2.05) is 71.6 Å². The molecule has 0 spiro atoms. The van der Waals surface area contributed by atoms with Crippen LogP contribution in [0.4, 0.5) is 0 Å². The maximum atomic E-state index is 12.9. The Balaban J connectivity index is 1.54. The summed E-state index contributed by atoms with van der Waals surface area (Å²) in [6.45, 7) is 1.33. The second kappa shape index (κ2) is 7.26. The lowest BCUT2D eigenvalue weighted by molar-refractivity contribution is -0.143. The van der Waals surface area contributed by atoms with Crippen molar-refractivity contribution in [3.63, 3.8) is 0 Å². The van der Waals surface area contributed by atoms with E-state index in [0.717, 1.165) is 29.4 Å². The molecule has 0 bridgehead atoms. The minimum absolute atomic E-state index is 0.0163.